The van der Waals surface area contributed by atoms with Gasteiger partial charge in [-0.2, -0.15) is 4.94 Å². The summed E-state index contributed by atoms with van der Waals surface area (Å²) in [6.45, 7) is 11.2. The fraction of sp³-hybridized carbons (Fsp3) is 0.531. The van der Waals surface area contributed by atoms with Crippen molar-refractivity contribution in [1.29, 1.82) is 0 Å². The third kappa shape index (κ3) is 7.52. The summed E-state index contributed by atoms with van der Waals surface area (Å²) >= 11 is 0. The van der Waals surface area contributed by atoms with E-state index in [1.807, 2.05) is 43.0 Å². The summed E-state index contributed by atoms with van der Waals surface area (Å²) in [6, 6.07) is 9.91. The van der Waals surface area contributed by atoms with Crippen molar-refractivity contribution in [1.82, 2.24) is 25.7 Å². The smallest absolute Gasteiger partial charge is 0.407 e. The molecule has 2 bridgehead atoms. The van der Waals surface area contributed by atoms with E-state index in [0.717, 1.165) is 35.2 Å². The molecule has 2 aromatic rings. The molecule has 3 aliphatic rings. The van der Waals surface area contributed by atoms with Crippen molar-refractivity contribution in [2.45, 2.75) is 96.8 Å². The fourth-order valence-electron chi connectivity index (χ4n) is 5.87. The SMILES string of the molecule is CC(C)(C)OC(=O)CCC(CN1ON2C(c3ccc(F)cc3)=C(c3ccncc3)C3CCC1NC32)NC(=O)OC(C)(C)C. The maximum atomic E-state index is 13.9. The van der Waals surface area contributed by atoms with Crippen LogP contribution in [0.25, 0.3) is 11.3 Å². The Morgan fingerprint density at radius 2 is 1.70 bits per heavy atom. The van der Waals surface area contributed by atoms with Crippen molar-refractivity contribution in [3.8, 4) is 0 Å². The summed E-state index contributed by atoms with van der Waals surface area (Å²) in [5, 5.41) is 10.4. The van der Waals surface area contributed by atoms with Crippen LogP contribution in [0.5, 0.6) is 0 Å². The van der Waals surface area contributed by atoms with Crippen molar-refractivity contribution in [2.24, 2.45) is 5.92 Å². The Hall–Kier alpha value is -3.54. The number of pyridine rings is 1. The van der Waals surface area contributed by atoms with Gasteiger partial charge in [-0.1, -0.05) is 0 Å². The molecule has 1 aromatic carbocycles. The second kappa shape index (κ2) is 12.2. The van der Waals surface area contributed by atoms with E-state index >= 15 is 0 Å². The van der Waals surface area contributed by atoms with Crippen molar-refractivity contribution >= 4 is 23.3 Å². The number of benzene rings is 1. The van der Waals surface area contributed by atoms with Crippen LogP contribution in [0.2, 0.25) is 0 Å². The monoisotopic (exact) mass is 595 g/mol. The fourth-order valence-corrected chi connectivity index (χ4v) is 5.87. The minimum atomic E-state index is -0.678. The molecule has 4 unspecified atom stereocenters. The molecule has 4 atom stereocenters. The van der Waals surface area contributed by atoms with Gasteiger partial charge in [-0.25, -0.2) is 14.2 Å². The van der Waals surface area contributed by atoms with E-state index in [4.69, 9.17) is 14.4 Å². The van der Waals surface area contributed by atoms with Gasteiger partial charge in [-0.05, 0) is 108 Å². The zero-order chi connectivity index (χ0) is 30.9. The maximum Gasteiger partial charge on any atom is 0.407 e. The Labute approximate surface area is 252 Å². The van der Waals surface area contributed by atoms with Gasteiger partial charge in [0.2, 0.25) is 0 Å². The average molecular weight is 596 g/mol. The zero-order valence-corrected chi connectivity index (χ0v) is 25.7. The van der Waals surface area contributed by atoms with Crippen molar-refractivity contribution in [3.63, 3.8) is 0 Å². The molecule has 2 fully saturated rings. The number of piperidine rings is 1. The molecule has 1 amide bonds. The highest BCUT2D eigenvalue weighted by molar-refractivity contribution is 5.93. The lowest BCUT2D eigenvalue weighted by Crippen LogP contribution is -2.67. The number of rotatable bonds is 8. The highest BCUT2D eigenvalue weighted by Gasteiger charge is 2.51. The Bertz CT molecular complexity index is 1340. The molecule has 5 rings (SSSR count). The molecule has 0 aliphatic carbocycles. The summed E-state index contributed by atoms with van der Waals surface area (Å²) in [6.07, 6.45) is 4.86. The molecule has 43 heavy (non-hydrogen) atoms. The Kier molecular flexibility index (Phi) is 8.78. The second-order valence-electron chi connectivity index (χ2n) is 13.3. The number of nitrogens with one attached hydrogen (secondary N) is 2. The third-order valence-corrected chi connectivity index (χ3v) is 7.48. The molecule has 11 heteroatoms. The first-order valence-electron chi connectivity index (χ1n) is 14.9. The third-order valence-electron chi connectivity index (χ3n) is 7.48. The van der Waals surface area contributed by atoms with Crippen LogP contribution in [0.3, 0.4) is 0 Å². The van der Waals surface area contributed by atoms with Gasteiger partial charge in [-0.15, -0.1) is 5.06 Å². The van der Waals surface area contributed by atoms with Crippen molar-refractivity contribution in [2.75, 3.05) is 6.54 Å². The van der Waals surface area contributed by atoms with Crippen molar-refractivity contribution < 1.29 is 28.4 Å². The number of aromatic nitrogens is 1. The molecule has 0 radical (unpaired) electrons. The van der Waals surface area contributed by atoms with Crippen LogP contribution in [-0.2, 0) is 19.2 Å². The van der Waals surface area contributed by atoms with Gasteiger partial charge in [0.1, 0.15) is 23.2 Å². The standard InChI is InChI=1S/C32H42FN5O5/c1-31(2,3)41-26(39)14-11-23(35-30(40)42-32(4,5)6)19-37-25-13-12-24-27(20-15-17-34-18-16-20)28(38(43-37)29(24)36-25)21-7-9-22(33)10-8-21/h7-10,15-18,23-25,29,36H,11-14,19H2,1-6H3,(H,35,40). The van der Waals surface area contributed by atoms with E-state index in [1.165, 1.54) is 12.1 Å². The van der Waals surface area contributed by atoms with Gasteiger partial charge < -0.3 is 14.8 Å². The number of hydrogen-bond donors (Lipinski definition) is 2. The minimum absolute atomic E-state index is 0.116. The zero-order valence-electron chi connectivity index (χ0n) is 25.7. The summed E-state index contributed by atoms with van der Waals surface area (Å²) in [5.74, 6) is -0.515. The summed E-state index contributed by atoms with van der Waals surface area (Å²) in [7, 11) is 0. The summed E-state index contributed by atoms with van der Waals surface area (Å²) < 4.78 is 25.0. The number of ether oxygens (including phenoxy) is 2. The molecule has 1 aromatic heterocycles. The van der Waals surface area contributed by atoms with E-state index in [1.54, 1.807) is 45.3 Å². The van der Waals surface area contributed by atoms with Crippen LogP contribution in [0.15, 0.2) is 48.8 Å². The quantitative estimate of drug-likeness (QED) is 0.397. The first-order valence-corrected chi connectivity index (χ1v) is 14.9. The van der Waals surface area contributed by atoms with E-state index in [-0.39, 0.29) is 43.0 Å². The van der Waals surface area contributed by atoms with E-state index in [2.05, 4.69) is 15.6 Å². The molecule has 2 N–H and O–H groups in total. The predicted octanol–water partition coefficient (Wildman–Crippen LogP) is 5.23. The number of carbonyl (C=O) groups is 2. The van der Waals surface area contributed by atoms with E-state index in [9.17, 15) is 14.0 Å². The lowest BCUT2D eigenvalue weighted by atomic mass is 9.85. The molecule has 0 saturated carbocycles. The van der Waals surface area contributed by atoms with Gasteiger partial charge in [-0.3, -0.25) is 15.1 Å². The molecule has 0 spiro atoms. The van der Waals surface area contributed by atoms with Gasteiger partial charge >= 0.3 is 12.1 Å². The van der Waals surface area contributed by atoms with Crippen LogP contribution >= 0.6 is 0 Å². The number of hydroxylamine groups is 4. The first kappa shape index (κ1) is 30.9. The normalized spacial score (nSPS) is 22.8. The van der Waals surface area contributed by atoms with Crippen molar-refractivity contribution in [3.05, 3.63) is 65.7 Å². The molecule has 232 valence electrons. The maximum absolute atomic E-state index is 13.9. The molecule has 2 saturated heterocycles. The first-order chi connectivity index (χ1) is 20.3. The number of hydrogen-bond acceptors (Lipinski definition) is 9. The topological polar surface area (TPSA) is 105 Å². The molecule has 3 aliphatic heterocycles. The minimum Gasteiger partial charge on any atom is -0.460 e. The molecular weight excluding hydrogens is 553 g/mol. The lowest BCUT2D eigenvalue weighted by Gasteiger charge is -2.49. The Morgan fingerprint density at radius 3 is 2.35 bits per heavy atom. The van der Waals surface area contributed by atoms with Crippen LogP contribution in [0, 0.1) is 11.7 Å². The molecule has 4 heterocycles. The molecule has 10 nitrogen and oxygen atoms in total. The Balaban J connectivity index is 1.41. The van der Waals surface area contributed by atoms with Crippen LogP contribution in [-0.4, -0.2) is 63.3 Å². The van der Waals surface area contributed by atoms with E-state index in [0.29, 0.717) is 6.42 Å². The predicted molar refractivity (Wildman–Crippen MR) is 159 cm³/mol. The number of nitrogens with zero attached hydrogens (tertiary/aromatic N) is 3. The Morgan fingerprint density at radius 1 is 1.02 bits per heavy atom. The van der Waals surface area contributed by atoms with Gasteiger partial charge in [0.15, 0.2) is 0 Å². The second-order valence-corrected chi connectivity index (χ2v) is 13.3. The number of halogens is 1. The highest BCUT2D eigenvalue weighted by atomic mass is 19.1. The van der Waals surface area contributed by atoms with Crippen LogP contribution < -0.4 is 10.6 Å². The van der Waals surface area contributed by atoms with Crippen LogP contribution in [0.1, 0.15) is 78.4 Å². The summed E-state index contributed by atoms with van der Waals surface area (Å²) in [4.78, 5) is 36.2. The number of alkyl carbamates (subject to hydrolysis) is 1. The number of esters is 1. The summed E-state index contributed by atoms with van der Waals surface area (Å²) in [5.41, 5.74) is 2.54. The molecular formula is C32H42FN5O5. The largest absolute Gasteiger partial charge is 0.460 e. The van der Waals surface area contributed by atoms with Gasteiger partial charge in [0.05, 0.1) is 11.9 Å². The van der Waals surface area contributed by atoms with Gasteiger partial charge in [0, 0.05) is 42.9 Å². The van der Waals surface area contributed by atoms with Crippen LogP contribution in [0.4, 0.5) is 9.18 Å². The average Bonchev–Trinajstić information content (AvgIpc) is 3.27. The number of fused-ring (bicyclic) bond motifs is 1. The number of amides is 1. The van der Waals surface area contributed by atoms with Gasteiger partial charge in [0.25, 0.3) is 0 Å². The number of carbonyl (C=O) groups excluding carboxylic acids is 2. The highest BCUT2D eigenvalue weighted by Crippen LogP contribution is 2.50. The van der Waals surface area contributed by atoms with E-state index < -0.39 is 23.3 Å². The lowest BCUT2D eigenvalue weighted by molar-refractivity contribution is -0.374.